The first-order valence-electron chi connectivity index (χ1n) is 6.16. The van der Waals surface area contributed by atoms with Gasteiger partial charge in [-0.15, -0.1) is 0 Å². The molecule has 0 aromatic carbocycles. The van der Waals surface area contributed by atoms with Gasteiger partial charge in [-0.2, -0.15) is 0 Å². The van der Waals surface area contributed by atoms with Crippen LogP contribution in [0.5, 0.6) is 0 Å². The smallest absolute Gasteiger partial charge is 0.338 e. The lowest BCUT2D eigenvalue weighted by Crippen LogP contribution is -2.73. The van der Waals surface area contributed by atoms with E-state index in [2.05, 4.69) is 5.32 Å². The molecule has 0 bridgehead atoms. The number of aliphatic hydroxyl groups excluding tert-OH is 1. The number of amides is 1. The molecule has 2 saturated heterocycles. The van der Waals surface area contributed by atoms with E-state index in [9.17, 15) is 14.7 Å². The zero-order chi connectivity index (χ0) is 12.8. The fraction of sp³-hybridized carbons (Fsp3) is 0.833. The van der Waals surface area contributed by atoms with Crippen LogP contribution in [0.3, 0.4) is 0 Å². The van der Waals surface area contributed by atoms with Crippen molar-refractivity contribution in [2.24, 2.45) is 11.8 Å². The van der Waals surface area contributed by atoms with Crippen molar-refractivity contribution < 1.29 is 19.4 Å². The summed E-state index contributed by atoms with van der Waals surface area (Å²) in [6.07, 6.45) is 0.135. The predicted molar refractivity (Wildman–Crippen MR) is 60.0 cm³/mol. The van der Waals surface area contributed by atoms with Gasteiger partial charge in [0.1, 0.15) is 6.10 Å². The molecule has 0 aromatic rings. The van der Waals surface area contributed by atoms with Crippen LogP contribution < -0.4 is 5.32 Å². The quantitative estimate of drug-likeness (QED) is 0.690. The number of hydrogen-bond donors (Lipinski definition) is 2. The summed E-state index contributed by atoms with van der Waals surface area (Å²) < 4.78 is 5.09. The number of nitrogens with one attached hydrogen (secondary N) is 1. The Bertz CT molecular complexity index is 354. The van der Waals surface area contributed by atoms with E-state index in [-0.39, 0.29) is 17.7 Å². The summed E-state index contributed by atoms with van der Waals surface area (Å²) in [7, 11) is 0. The Labute approximate surface area is 101 Å². The molecule has 1 amide bonds. The molecule has 0 aliphatic carbocycles. The predicted octanol–water partition coefficient (Wildman–Crippen LogP) is 0.214. The van der Waals surface area contributed by atoms with Crippen LogP contribution >= 0.6 is 0 Å². The fourth-order valence-electron chi connectivity index (χ4n) is 2.80. The largest absolute Gasteiger partial charge is 0.456 e. The molecule has 2 N–H and O–H groups in total. The zero-order valence-corrected chi connectivity index (χ0v) is 10.4. The molecule has 2 aliphatic heterocycles. The summed E-state index contributed by atoms with van der Waals surface area (Å²) in [4.78, 5) is 23.5. The molecule has 5 heteroatoms. The van der Waals surface area contributed by atoms with Crippen LogP contribution in [0.2, 0.25) is 0 Å². The van der Waals surface area contributed by atoms with Gasteiger partial charge in [0, 0.05) is 0 Å². The van der Waals surface area contributed by atoms with Crippen LogP contribution in [0.15, 0.2) is 0 Å². The molecule has 0 radical (unpaired) electrons. The number of carbonyl (C=O) groups excluding carboxylic acids is 2. The summed E-state index contributed by atoms with van der Waals surface area (Å²) in [5, 5.41) is 12.8. The topological polar surface area (TPSA) is 75.6 Å². The monoisotopic (exact) mass is 241 g/mol. The van der Waals surface area contributed by atoms with Crippen LogP contribution in [0.1, 0.15) is 33.6 Å². The van der Waals surface area contributed by atoms with E-state index < -0.39 is 23.7 Å². The Morgan fingerprint density at radius 2 is 2.12 bits per heavy atom. The summed E-state index contributed by atoms with van der Waals surface area (Å²) in [5.74, 6) is -1.10. The lowest BCUT2D eigenvalue weighted by molar-refractivity contribution is -0.207. The standard InChI is InChI=1S/C12H19NO4/c1-4-5-7-9-12(11(16)17-9,13-10(7)15)8(14)6(2)3/h6-9,14H,4-5H2,1-3H3,(H,13,15)/t7?,8-,9?,12+/m1/s1. The van der Waals surface area contributed by atoms with Crippen molar-refractivity contribution in [2.75, 3.05) is 0 Å². The van der Waals surface area contributed by atoms with Crippen molar-refractivity contribution >= 4 is 11.9 Å². The van der Waals surface area contributed by atoms with Crippen LogP contribution in [0.4, 0.5) is 0 Å². The number of hydrogen-bond acceptors (Lipinski definition) is 4. The molecule has 2 rings (SSSR count). The van der Waals surface area contributed by atoms with Gasteiger partial charge in [0.25, 0.3) is 0 Å². The van der Waals surface area contributed by atoms with Gasteiger partial charge in [0.2, 0.25) is 11.4 Å². The second kappa shape index (κ2) is 3.98. The van der Waals surface area contributed by atoms with Crippen molar-refractivity contribution in [3.05, 3.63) is 0 Å². The van der Waals surface area contributed by atoms with Crippen molar-refractivity contribution in [1.29, 1.82) is 0 Å². The summed E-state index contributed by atoms with van der Waals surface area (Å²) in [5.41, 5.74) is -1.19. The third kappa shape index (κ3) is 1.48. The number of esters is 1. The molecule has 96 valence electrons. The van der Waals surface area contributed by atoms with E-state index in [1.54, 1.807) is 0 Å². The minimum absolute atomic E-state index is 0.106. The number of carbonyl (C=O) groups is 2. The fourth-order valence-corrected chi connectivity index (χ4v) is 2.80. The highest BCUT2D eigenvalue weighted by molar-refractivity contribution is 6.00. The van der Waals surface area contributed by atoms with Crippen molar-refractivity contribution in [1.82, 2.24) is 5.32 Å². The lowest BCUT2D eigenvalue weighted by atomic mass is 9.75. The van der Waals surface area contributed by atoms with Crippen molar-refractivity contribution in [3.8, 4) is 0 Å². The van der Waals surface area contributed by atoms with Gasteiger partial charge in [-0.05, 0) is 12.3 Å². The average Bonchev–Trinajstić information content (AvgIpc) is 2.49. The molecule has 5 nitrogen and oxygen atoms in total. The van der Waals surface area contributed by atoms with Gasteiger partial charge in [-0.1, -0.05) is 27.2 Å². The van der Waals surface area contributed by atoms with Crippen LogP contribution in [-0.2, 0) is 14.3 Å². The number of rotatable bonds is 4. The van der Waals surface area contributed by atoms with Gasteiger partial charge in [-0.3, -0.25) is 4.79 Å². The highest BCUT2D eigenvalue weighted by Gasteiger charge is 2.71. The van der Waals surface area contributed by atoms with Gasteiger partial charge in [0.05, 0.1) is 12.0 Å². The molecule has 2 heterocycles. The highest BCUT2D eigenvalue weighted by atomic mass is 16.6. The zero-order valence-electron chi connectivity index (χ0n) is 10.4. The third-order valence-electron chi connectivity index (χ3n) is 3.75. The second-order valence-corrected chi connectivity index (χ2v) is 5.27. The second-order valence-electron chi connectivity index (χ2n) is 5.27. The number of aliphatic hydroxyl groups is 1. The summed E-state index contributed by atoms with van der Waals surface area (Å²) in [6.45, 7) is 5.62. The van der Waals surface area contributed by atoms with Gasteiger partial charge >= 0.3 is 5.97 Å². The van der Waals surface area contributed by atoms with E-state index >= 15 is 0 Å². The van der Waals surface area contributed by atoms with Crippen LogP contribution in [-0.4, -0.2) is 34.7 Å². The molecule has 0 spiro atoms. The Balaban J connectivity index is 2.27. The van der Waals surface area contributed by atoms with E-state index in [1.807, 2.05) is 20.8 Å². The van der Waals surface area contributed by atoms with E-state index in [1.165, 1.54) is 0 Å². The van der Waals surface area contributed by atoms with E-state index in [4.69, 9.17) is 4.74 Å². The summed E-state index contributed by atoms with van der Waals surface area (Å²) >= 11 is 0. The van der Waals surface area contributed by atoms with E-state index in [0.29, 0.717) is 6.42 Å². The lowest BCUT2D eigenvalue weighted by Gasteiger charge is -2.46. The normalized spacial score (nSPS) is 37.2. The maximum absolute atomic E-state index is 11.8. The Morgan fingerprint density at radius 1 is 1.47 bits per heavy atom. The Kier molecular flexibility index (Phi) is 2.89. The Hall–Kier alpha value is -1.10. The molecule has 2 aliphatic rings. The molecule has 2 fully saturated rings. The molecule has 0 aromatic heterocycles. The minimum Gasteiger partial charge on any atom is -0.456 e. The Morgan fingerprint density at radius 3 is 2.59 bits per heavy atom. The molecule has 4 atom stereocenters. The van der Waals surface area contributed by atoms with Gasteiger partial charge in [0.15, 0.2) is 0 Å². The maximum Gasteiger partial charge on any atom is 0.338 e. The first kappa shape index (κ1) is 12.4. The van der Waals surface area contributed by atoms with Crippen molar-refractivity contribution in [2.45, 2.75) is 51.4 Å². The number of ether oxygens (including phenoxy) is 1. The molecular formula is C12H19NO4. The first-order chi connectivity index (χ1) is 7.95. The number of fused-ring (bicyclic) bond motifs is 1. The molecule has 0 saturated carbocycles. The maximum atomic E-state index is 11.8. The average molecular weight is 241 g/mol. The minimum atomic E-state index is -1.19. The van der Waals surface area contributed by atoms with Crippen LogP contribution in [0.25, 0.3) is 0 Å². The third-order valence-corrected chi connectivity index (χ3v) is 3.75. The highest BCUT2D eigenvalue weighted by Crippen LogP contribution is 2.44. The first-order valence-corrected chi connectivity index (χ1v) is 6.16. The molecule has 2 unspecified atom stereocenters. The van der Waals surface area contributed by atoms with Gasteiger partial charge in [-0.25, -0.2) is 4.79 Å². The van der Waals surface area contributed by atoms with Gasteiger partial charge < -0.3 is 15.2 Å². The SMILES string of the molecule is CCCC1C(=O)N[C@]2([C@H](O)C(C)C)C(=O)OC12. The summed E-state index contributed by atoms with van der Waals surface area (Å²) in [6, 6.07) is 0. The van der Waals surface area contributed by atoms with E-state index in [0.717, 1.165) is 6.42 Å². The van der Waals surface area contributed by atoms with Crippen molar-refractivity contribution in [3.63, 3.8) is 0 Å². The molecular weight excluding hydrogens is 222 g/mol. The molecule has 17 heavy (non-hydrogen) atoms. The van der Waals surface area contributed by atoms with Crippen LogP contribution in [0, 0.1) is 11.8 Å².